The third-order valence-corrected chi connectivity index (χ3v) is 5.55. The maximum absolute atomic E-state index is 13.8. The van der Waals surface area contributed by atoms with Gasteiger partial charge in [-0.25, -0.2) is 18.4 Å². The third-order valence-electron chi connectivity index (χ3n) is 4.10. The highest BCUT2D eigenvalue weighted by Gasteiger charge is 2.44. The summed E-state index contributed by atoms with van der Waals surface area (Å²) in [5.41, 5.74) is 0.345. The Bertz CT molecular complexity index is 1160. The number of benzene rings is 1. The fraction of sp³-hybridized carbons (Fsp3) is 0.316. The normalized spacial score (nSPS) is 13.2. The van der Waals surface area contributed by atoms with Crippen LogP contribution in [0.1, 0.15) is 30.7 Å². The topological polar surface area (TPSA) is 114 Å². The monoisotopic (exact) mass is 456 g/mol. The minimum absolute atomic E-state index is 0.184. The van der Waals surface area contributed by atoms with E-state index in [1.807, 2.05) is 0 Å². The summed E-state index contributed by atoms with van der Waals surface area (Å²) in [7, 11) is -3.87. The van der Waals surface area contributed by atoms with E-state index in [4.69, 9.17) is 9.84 Å². The van der Waals surface area contributed by atoms with Crippen LogP contribution in [0, 0.1) is 0 Å². The number of rotatable bonds is 8. The first kappa shape index (κ1) is 22.7. The molecule has 3 rings (SSSR count). The lowest BCUT2D eigenvalue weighted by atomic mass is 10.1. The number of hydrogen-bond donors (Lipinski definition) is 2. The van der Waals surface area contributed by atoms with Crippen LogP contribution in [-0.2, 0) is 16.6 Å². The smallest absolute Gasteiger partial charge is 0.429 e. The van der Waals surface area contributed by atoms with Gasteiger partial charge in [0.15, 0.2) is 0 Å². The molecule has 166 valence electrons. The summed E-state index contributed by atoms with van der Waals surface area (Å²) in [4.78, 5) is 11.9. The predicted octanol–water partition coefficient (Wildman–Crippen LogP) is 3.35. The number of nitrogens with one attached hydrogen (secondary N) is 1. The van der Waals surface area contributed by atoms with Gasteiger partial charge in [-0.2, -0.15) is 13.2 Å². The van der Waals surface area contributed by atoms with E-state index in [1.54, 1.807) is 25.1 Å². The Morgan fingerprint density at radius 3 is 2.35 bits per heavy atom. The van der Waals surface area contributed by atoms with Crippen LogP contribution in [-0.4, -0.2) is 40.4 Å². The maximum atomic E-state index is 13.8. The fourth-order valence-corrected chi connectivity index (χ4v) is 3.79. The lowest BCUT2D eigenvalue weighted by Gasteiger charge is -2.22. The Morgan fingerprint density at radius 1 is 1.13 bits per heavy atom. The number of anilines is 1. The van der Waals surface area contributed by atoms with Gasteiger partial charge in [-0.15, -0.1) is 0 Å². The number of para-hydroxylation sites is 2. The second-order valence-corrected chi connectivity index (χ2v) is 8.41. The number of nitrogens with zero attached hydrogens (tertiary/aromatic N) is 3. The van der Waals surface area contributed by atoms with E-state index < -0.39 is 40.6 Å². The molecule has 8 nitrogen and oxygen atoms in total. The Morgan fingerprint density at radius 2 is 1.81 bits per heavy atom. The molecular formula is C19H19F3N4O4S. The van der Waals surface area contributed by atoms with Gasteiger partial charge in [-0.3, -0.25) is 9.71 Å². The number of halogens is 3. The summed E-state index contributed by atoms with van der Waals surface area (Å²) >= 11 is 0. The number of sulfonamides is 1. The molecule has 0 spiro atoms. The minimum Gasteiger partial charge on any atom is -0.457 e. The molecule has 0 aliphatic rings. The first-order valence-corrected chi connectivity index (χ1v) is 10.8. The van der Waals surface area contributed by atoms with Crippen LogP contribution in [0.5, 0.6) is 5.88 Å². The molecular weight excluding hydrogens is 437 g/mol. The Labute approximate surface area is 176 Å². The maximum Gasteiger partial charge on any atom is 0.429 e. The van der Waals surface area contributed by atoms with Crippen molar-refractivity contribution in [3.63, 3.8) is 0 Å². The van der Waals surface area contributed by atoms with E-state index in [-0.39, 0.29) is 28.0 Å². The second-order valence-electron chi connectivity index (χ2n) is 6.57. The Hall–Kier alpha value is -2.99. The molecule has 2 aromatic heterocycles. The molecule has 1 unspecified atom stereocenters. The van der Waals surface area contributed by atoms with Gasteiger partial charge in [0.25, 0.3) is 5.88 Å². The summed E-state index contributed by atoms with van der Waals surface area (Å²) in [5, 5.41) is 9.05. The summed E-state index contributed by atoms with van der Waals surface area (Å²) in [6, 6.07) is 8.65. The summed E-state index contributed by atoms with van der Waals surface area (Å²) in [6.45, 7) is 1.21. The average molecular weight is 456 g/mol. The van der Waals surface area contributed by atoms with Crippen LogP contribution >= 0.6 is 0 Å². The molecule has 0 radical (unpaired) electrons. The zero-order valence-corrected chi connectivity index (χ0v) is 17.1. The highest BCUT2D eigenvalue weighted by molar-refractivity contribution is 7.92. The van der Waals surface area contributed by atoms with Crippen molar-refractivity contribution in [2.75, 3.05) is 10.5 Å². The van der Waals surface area contributed by atoms with Gasteiger partial charge in [-0.05, 0) is 24.6 Å². The lowest BCUT2D eigenvalue weighted by molar-refractivity contribution is -0.198. The summed E-state index contributed by atoms with van der Waals surface area (Å²) in [6.07, 6.45) is -6.13. The van der Waals surface area contributed by atoms with E-state index in [2.05, 4.69) is 19.7 Å². The molecule has 2 N–H and O–H groups in total. The van der Waals surface area contributed by atoms with Crippen LogP contribution in [0.3, 0.4) is 0 Å². The SMILES string of the molecule is CCCS(=O)(=O)Nc1nc2ccccc2nc1OC(c1ccc(CO)nc1)C(F)(F)F. The number of aliphatic hydroxyl groups is 1. The standard InChI is InChI=1S/C19H19F3N4O4S/c1-2-9-31(28,29)26-17-18(25-15-6-4-3-5-14(15)24-17)30-16(19(20,21)22)12-7-8-13(11-27)23-10-12/h3-8,10,16,27H,2,9,11H2,1H3,(H,24,26). The van der Waals surface area contributed by atoms with Gasteiger partial charge in [0.1, 0.15) is 0 Å². The van der Waals surface area contributed by atoms with Crippen molar-refractivity contribution >= 4 is 26.9 Å². The number of hydrogen-bond acceptors (Lipinski definition) is 7. The van der Waals surface area contributed by atoms with Crippen LogP contribution in [0.4, 0.5) is 19.0 Å². The van der Waals surface area contributed by atoms with Gasteiger partial charge in [-0.1, -0.05) is 25.1 Å². The quantitative estimate of drug-likeness (QED) is 0.534. The largest absolute Gasteiger partial charge is 0.457 e. The predicted molar refractivity (Wildman–Crippen MR) is 107 cm³/mol. The molecule has 31 heavy (non-hydrogen) atoms. The first-order chi connectivity index (χ1) is 14.6. The minimum atomic E-state index is -4.87. The van der Waals surface area contributed by atoms with Crippen molar-refractivity contribution in [3.8, 4) is 5.88 Å². The molecule has 0 saturated carbocycles. The second kappa shape index (κ2) is 9.02. The fourth-order valence-electron chi connectivity index (χ4n) is 2.72. The van der Waals surface area contributed by atoms with E-state index in [9.17, 15) is 21.6 Å². The molecule has 1 aromatic carbocycles. The van der Waals surface area contributed by atoms with Crippen molar-refractivity contribution < 1.29 is 31.4 Å². The van der Waals surface area contributed by atoms with Gasteiger partial charge in [0.2, 0.25) is 21.9 Å². The van der Waals surface area contributed by atoms with Crippen LogP contribution in [0.2, 0.25) is 0 Å². The van der Waals surface area contributed by atoms with Crippen molar-refractivity contribution in [1.29, 1.82) is 0 Å². The van der Waals surface area contributed by atoms with Gasteiger partial charge in [0.05, 0.1) is 29.1 Å². The van der Waals surface area contributed by atoms with E-state index in [0.717, 1.165) is 12.3 Å². The number of pyridine rings is 1. The van der Waals surface area contributed by atoms with E-state index in [1.165, 1.54) is 12.1 Å². The Balaban J connectivity index is 2.07. The van der Waals surface area contributed by atoms with Gasteiger partial charge >= 0.3 is 6.18 Å². The summed E-state index contributed by atoms with van der Waals surface area (Å²) in [5.74, 6) is -1.32. The van der Waals surface area contributed by atoms with Crippen LogP contribution in [0.15, 0.2) is 42.6 Å². The highest BCUT2D eigenvalue weighted by Crippen LogP contribution is 2.38. The summed E-state index contributed by atoms with van der Waals surface area (Å²) < 4.78 is 73.1. The molecule has 0 bridgehead atoms. The molecule has 12 heteroatoms. The number of aliphatic hydroxyl groups excluding tert-OH is 1. The number of ether oxygens (including phenoxy) is 1. The molecule has 0 fully saturated rings. The third kappa shape index (κ3) is 5.58. The van der Waals surface area contributed by atoms with E-state index >= 15 is 0 Å². The van der Waals surface area contributed by atoms with Gasteiger partial charge in [0, 0.05) is 11.8 Å². The molecule has 0 aliphatic heterocycles. The molecule has 0 aliphatic carbocycles. The van der Waals surface area contributed by atoms with E-state index in [0.29, 0.717) is 6.42 Å². The van der Waals surface area contributed by atoms with Crippen LogP contribution in [0.25, 0.3) is 11.0 Å². The molecule has 2 heterocycles. The van der Waals surface area contributed by atoms with Crippen molar-refractivity contribution in [3.05, 3.63) is 53.9 Å². The molecule has 0 saturated heterocycles. The van der Waals surface area contributed by atoms with Crippen molar-refractivity contribution in [2.45, 2.75) is 32.2 Å². The van der Waals surface area contributed by atoms with Crippen molar-refractivity contribution in [1.82, 2.24) is 15.0 Å². The molecule has 3 aromatic rings. The Kier molecular flexibility index (Phi) is 6.60. The molecule has 0 amide bonds. The number of fused-ring (bicyclic) bond motifs is 1. The number of aromatic nitrogens is 3. The van der Waals surface area contributed by atoms with Crippen molar-refractivity contribution in [2.24, 2.45) is 0 Å². The van der Waals surface area contributed by atoms with Crippen LogP contribution < -0.4 is 9.46 Å². The zero-order valence-electron chi connectivity index (χ0n) is 16.3. The zero-order chi connectivity index (χ0) is 22.6. The highest BCUT2D eigenvalue weighted by atomic mass is 32.2. The van der Waals surface area contributed by atoms with Gasteiger partial charge < -0.3 is 9.84 Å². The lowest BCUT2D eigenvalue weighted by Crippen LogP contribution is -2.27. The molecule has 1 atom stereocenters. The first-order valence-electron chi connectivity index (χ1n) is 9.19. The number of alkyl halides is 3. The average Bonchev–Trinajstić information content (AvgIpc) is 2.71.